The highest BCUT2D eigenvalue weighted by Crippen LogP contribution is 2.14. The normalized spacial score (nSPS) is 12.1. The molecule has 0 heterocycles. The average molecular weight is 292 g/mol. The van der Waals surface area contributed by atoms with Crippen molar-refractivity contribution in [1.29, 1.82) is 0 Å². The molecule has 0 radical (unpaired) electrons. The van der Waals surface area contributed by atoms with Crippen molar-refractivity contribution in [2.24, 2.45) is 5.73 Å². The molecule has 0 aliphatic rings. The highest BCUT2D eigenvalue weighted by Gasteiger charge is 2.13. The van der Waals surface area contributed by atoms with E-state index in [0.29, 0.717) is 24.8 Å². The minimum Gasteiger partial charge on any atom is -0.383 e. The van der Waals surface area contributed by atoms with E-state index in [0.717, 1.165) is 18.5 Å². The van der Waals surface area contributed by atoms with E-state index < -0.39 is 0 Å². The Morgan fingerprint density at radius 2 is 2.14 bits per heavy atom. The van der Waals surface area contributed by atoms with Gasteiger partial charge in [0.05, 0.1) is 13.2 Å². The highest BCUT2D eigenvalue weighted by atomic mass is 19.1. The zero-order valence-corrected chi connectivity index (χ0v) is 13.2. The van der Waals surface area contributed by atoms with Crippen LogP contribution in [0.5, 0.6) is 0 Å². The summed E-state index contributed by atoms with van der Waals surface area (Å²) in [6.07, 6.45) is 1.04. The van der Waals surface area contributed by atoms with Crippen LogP contribution in [0, 0.1) is 17.7 Å². The fourth-order valence-electron chi connectivity index (χ4n) is 2.12. The number of nitrogens with two attached hydrogens (primary N) is 1. The summed E-state index contributed by atoms with van der Waals surface area (Å²) in [5.74, 6) is 5.39. The van der Waals surface area contributed by atoms with Crippen LogP contribution in [-0.2, 0) is 11.3 Å². The fourth-order valence-corrected chi connectivity index (χ4v) is 2.12. The first-order valence-electron chi connectivity index (χ1n) is 7.32. The first-order valence-corrected chi connectivity index (χ1v) is 7.32. The van der Waals surface area contributed by atoms with Crippen molar-refractivity contribution in [1.82, 2.24) is 4.90 Å². The monoisotopic (exact) mass is 292 g/mol. The van der Waals surface area contributed by atoms with Crippen molar-refractivity contribution < 1.29 is 9.13 Å². The van der Waals surface area contributed by atoms with E-state index >= 15 is 0 Å². The van der Waals surface area contributed by atoms with Crippen molar-refractivity contribution in [3.8, 4) is 11.8 Å². The Labute approximate surface area is 127 Å². The number of ether oxygens (including phenoxy) is 1. The molecule has 0 bridgehead atoms. The number of halogens is 1. The number of hydrogen-bond acceptors (Lipinski definition) is 3. The second-order valence-corrected chi connectivity index (χ2v) is 5.07. The number of hydrogen-bond donors (Lipinski definition) is 1. The predicted octanol–water partition coefficient (Wildman–Crippen LogP) is 2.38. The molecule has 1 atom stereocenters. The maximum Gasteiger partial charge on any atom is 0.124 e. The maximum atomic E-state index is 13.7. The zero-order chi connectivity index (χ0) is 15.7. The lowest BCUT2D eigenvalue weighted by atomic mass is 10.1. The van der Waals surface area contributed by atoms with Crippen molar-refractivity contribution in [2.45, 2.75) is 32.9 Å². The standard InChI is InChI=1S/C17H25FN2O/c1-4-14(2)20(8-9-21-3)13-16-10-15(6-5-7-19)11-17(18)12-16/h10-12,14H,4,7-9,13,19H2,1-3H3. The fraction of sp³-hybridized carbons (Fsp3) is 0.529. The van der Waals surface area contributed by atoms with E-state index in [1.807, 2.05) is 6.07 Å². The molecule has 21 heavy (non-hydrogen) atoms. The molecular weight excluding hydrogens is 267 g/mol. The molecular formula is C17H25FN2O. The van der Waals surface area contributed by atoms with E-state index in [-0.39, 0.29) is 12.4 Å². The minimum absolute atomic E-state index is 0.260. The lowest BCUT2D eigenvalue weighted by molar-refractivity contribution is 0.118. The van der Waals surface area contributed by atoms with Gasteiger partial charge in [-0.25, -0.2) is 4.39 Å². The molecule has 1 aromatic carbocycles. The lowest BCUT2D eigenvalue weighted by Gasteiger charge is -2.28. The van der Waals surface area contributed by atoms with E-state index in [1.54, 1.807) is 13.2 Å². The van der Waals surface area contributed by atoms with Gasteiger partial charge in [-0.15, -0.1) is 0 Å². The molecule has 0 amide bonds. The van der Waals surface area contributed by atoms with Gasteiger partial charge in [0, 0.05) is 31.8 Å². The van der Waals surface area contributed by atoms with Crippen molar-refractivity contribution in [2.75, 3.05) is 26.8 Å². The number of benzene rings is 1. The molecule has 3 nitrogen and oxygen atoms in total. The third kappa shape index (κ3) is 6.26. The molecule has 0 aliphatic carbocycles. The lowest BCUT2D eigenvalue weighted by Crippen LogP contribution is -2.34. The van der Waals surface area contributed by atoms with E-state index in [1.165, 1.54) is 6.07 Å². The smallest absolute Gasteiger partial charge is 0.124 e. The van der Waals surface area contributed by atoms with Crippen molar-refractivity contribution in [3.63, 3.8) is 0 Å². The summed E-state index contributed by atoms with van der Waals surface area (Å²) < 4.78 is 18.9. The number of rotatable bonds is 7. The first-order chi connectivity index (χ1) is 10.1. The Balaban J connectivity index is 2.89. The largest absolute Gasteiger partial charge is 0.383 e. The third-order valence-corrected chi connectivity index (χ3v) is 3.47. The van der Waals surface area contributed by atoms with Gasteiger partial charge in [0.25, 0.3) is 0 Å². The quantitative estimate of drug-likeness (QED) is 0.784. The van der Waals surface area contributed by atoms with Gasteiger partial charge in [-0.1, -0.05) is 18.8 Å². The molecule has 2 N–H and O–H groups in total. The third-order valence-electron chi connectivity index (χ3n) is 3.47. The van der Waals surface area contributed by atoms with Crippen molar-refractivity contribution >= 4 is 0 Å². The molecule has 1 aromatic rings. The predicted molar refractivity (Wildman–Crippen MR) is 84.4 cm³/mol. The van der Waals surface area contributed by atoms with Gasteiger partial charge in [-0.3, -0.25) is 4.90 Å². The van der Waals surface area contributed by atoms with Gasteiger partial charge in [-0.2, -0.15) is 0 Å². The summed E-state index contributed by atoms with van der Waals surface area (Å²) in [6.45, 7) is 6.77. The summed E-state index contributed by atoms with van der Waals surface area (Å²) >= 11 is 0. The molecule has 116 valence electrons. The SMILES string of the molecule is CCC(C)N(CCOC)Cc1cc(F)cc(C#CCN)c1. The van der Waals surface area contributed by atoms with E-state index in [9.17, 15) is 4.39 Å². The number of methoxy groups -OCH3 is 1. The van der Waals surface area contributed by atoms with Gasteiger partial charge in [-0.05, 0) is 37.1 Å². The summed E-state index contributed by atoms with van der Waals surface area (Å²) in [7, 11) is 1.69. The Hall–Kier alpha value is -1.41. The molecule has 0 aliphatic heterocycles. The Kier molecular flexibility index (Phi) is 7.99. The highest BCUT2D eigenvalue weighted by molar-refractivity contribution is 5.38. The molecule has 1 unspecified atom stereocenters. The average Bonchev–Trinajstić information content (AvgIpc) is 2.48. The van der Waals surface area contributed by atoms with Crippen LogP contribution in [0.3, 0.4) is 0 Å². The molecule has 1 rings (SSSR count). The van der Waals surface area contributed by atoms with Crippen LogP contribution >= 0.6 is 0 Å². The van der Waals surface area contributed by atoms with E-state index in [4.69, 9.17) is 10.5 Å². The summed E-state index contributed by atoms with van der Waals surface area (Å²) in [5.41, 5.74) is 6.95. The van der Waals surface area contributed by atoms with Gasteiger partial charge in [0.15, 0.2) is 0 Å². The second-order valence-electron chi connectivity index (χ2n) is 5.07. The van der Waals surface area contributed by atoms with Crippen molar-refractivity contribution in [3.05, 3.63) is 35.1 Å². The second kappa shape index (κ2) is 9.51. The van der Waals surface area contributed by atoms with E-state index in [2.05, 4.69) is 30.6 Å². The van der Waals surface area contributed by atoms with Gasteiger partial charge < -0.3 is 10.5 Å². The summed E-state index contributed by atoms with van der Waals surface area (Å²) in [5, 5.41) is 0. The molecule has 4 heteroatoms. The van der Waals surface area contributed by atoms with Crippen LogP contribution < -0.4 is 5.73 Å². The van der Waals surface area contributed by atoms with Crippen LogP contribution in [0.4, 0.5) is 4.39 Å². The maximum absolute atomic E-state index is 13.7. The van der Waals surface area contributed by atoms with Gasteiger partial charge >= 0.3 is 0 Å². The molecule has 0 fully saturated rings. The summed E-state index contributed by atoms with van der Waals surface area (Å²) in [4.78, 5) is 2.29. The van der Waals surface area contributed by atoms with Crippen LogP contribution in [-0.4, -0.2) is 37.7 Å². The van der Waals surface area contributed by atoms with Crippen LogP contribution in [0.25, 0.3) is 0 Å². The molecule has 0 aromatic heterocycles. The zero-order valence-electron chi connectivity index (χ0n) is 13.2. The van der Waals surface area contributed by atoms with Crippen LogP contribution in [0.1, 0.15) is 31.4 Å². The molecule has 0 spiro atoms. The minimum atomic E-state index is -0.260. The Bertz CT molecular complexity index is 493. The van der Waals surface area contributed by atoms with Gasteiger partial charge in [0.1, 0.15) is 5.82 Å². The number of nitrogens with zero attached hydrogens (tertiary/aromatic N) is 1. The Morgan fingerprint density at radius 3 is 2.76 bits per heavy atom. The van der Waals surface area contributed by atoms with Crippen LogP contribution in [0.15, 0.2) is 18.2 Å². The molecule has 0 saturated carbocycles. The van der Waals surface area contributed by atoms with Crippen LogP contribution in [0.2, 0.25) is 0 Å². The summed E-state index contributed by atoms with van der Waals surface area (Å²) in [6, 6.07) is 5.35. The first kappa shape index (κ1) is 17.6. The Morgan fingerprint density at radius 1 is 1.38 bits per heavy atom. The topological polar surface area (TPSA) is 38.5 Å². The van der Waals surface area contributed by atoms with Gasteiger partial charge in [0.2, 0.25) is 0 Å². The molecule has 0 saturated heterocycles.